The van der Waals surface area contributed by atoms with Gasteiger partial charge >= 0.3 is 0 Å². The Balaban J connectivity index is 3.42. The zero-order valence-electron chi connectivity index (χ0n) is 8.70. The SMILES string of the molecule is CN(CCOCCCl)CCS(C)(=O)=O. The largest absolute Gasteiger partial charge is 0.379 e. The van der Waals surface area contributed by atoms with Crippen LogP contribution in [-0.2, 0) is 14.6 Å². The maximum absolute atomic E-state index is 10.8. The molecular formula is C8H18ClNO3S. The van der Waals surface area contributed by atoms with Gasteiger partial charge in [0.25, 0.3) is 0 Å². The van der Waals surface area contributed by atoms with Crippen LogP contribution in [0.3, 0.4) is 0 Å². The standard InChI is InChI=1S/C8H18ClNO3S/c1-10(4-7-13-6-3-9)5-8-14(2,11)12/h3-8H2,1-2H3. The number of alkyl halides is 1. The Kier molecular flexibility index (Phi) is 7.54. The first-order chi connectivity index (χ1) is 6.45. The van der Waals surface area contributed by atoms with E-state index in [0.29, 0.717) is 25.6 Å². The van der Waals surface area contributed by atoms with Gasteiger partial charge in [0, 0.05) is 25.2 Å². The molecule has 0 saturated heterocycles. The van der Waals surface area contributed by atoms with Gasteiger partial charge in [0.1, 0.15) is 9.84 Å². The van der Waals surface area contributed by atoms with Crippen molar-refractivity contribution in [1.82, 2.24) is 4.90 Å². The van der Waals surface area contributed by atoms with Crippen molar-refractivity contribution in [3.63, 3.8) is 0 Å². The fourth-order valence-electron chi connectivity index (χ4n) is 0.810. The van der Waals surface area contributed by atoms with Crippen molar-refractivity contribution >= 4 is 21.4 Å². The second kappa shape index (κ2) is 7.45. The average molecular weight is 244 g/mol. The van der Waals surface area contributed by atoms with Crippen molar-refractivity contribution in [3.8, 4) is 0 Å². The molecule has 0 unspecified atom stereocenters. The van der Waals surface area contributed by atoms with E-state index in [1.54, 1.807) is 0 Å². The highest BCUT2D eigenvalue weighted by molar-refractivity contribution is 7.90. The fraction of sp³-hybridized carbons (Fsp3) is 1.00. The van der Waals surface area contributed by atoms with Gasteiger partial charge in [-0.15, -0.1) is 11.6 Å². The minimum absolute atomic E-state index is 0.193. The van der Waals surface area contributed by atoms with Gasteiger partial charge in [-0.2, -0.15) is 0 Å². The maximum atomic E-state index is 10.8. The normalized spacial score (nSPS) is 12.3. The molecule has 86 valence electrons. The minimum Gasteiger partial charge on any atom is -0.379 e. The lowest BCUT2D eigenvalue weighted by molar-refractivity contribution is 0.125. The summed E-state index contributed by atoms with van der Waals surface area (Å²) in [5, 5.41) is 0. The molecule has 4 nitrogen and oxygen atoms in total. The van der Waals surface area contributed by atoms with Gasteiger partial charge in [0.2, 0.25) is 0 Å². The summed E-state index contributed by atoms with van der Waals surface area (Å²) in [4.78, 5) is 1.93. The molecule has 0 aromatic heterocycles. The van der Waals surface area contributed by atoms with Gasteiger partial charge in [0.05, 0.1) is 19.0 Å². The van der Waals surface area contributed by atoms with Crippen LogP contribution in [0, 0.1) is 0 Å². The van der Waals surface area contributed by atoms with Gasteiger partial charge in [-0.1, -0.05) is 0 Å². The molecule has 0 aliphatic heterocycles. The van der Waals surface area contributed by atoms with E-state index in [4.69, 9.17) is 16.3 Å². The third-order valence-corrected chi connectivity index (χ3v) is 2.76. The number of hydrogen-bond donors (Lipinski definition) is 0. The Morgan fingerprint density at radius 2 is 1.93 bits per heavy atom. The second-order valence-corrected chi connectivity index (χ2v) is 5.87. The molecule has 14 heavy (non-hydrogen) atoms. The zero-order chi connectivity index (χ0) is 11.0. The molecule has 0 aliphatic rings. The van der Waals surface area contributed by atoms with E-state index < -0.39 is 9.84 Å². The van der Waals surface area contributed by atoms with Crippen molar-refractivity contribution in [2.45, 2.75) is 0 Å². The van der Waals surface area contributed by atoms with Crippen LogP contribution in [0.2, 0.25) is 0 Å². The van der Waals surface area contributed by atoms with Gasteiger partial charge in [0.15, 0.2) is 0 Å². The molecule has 0 fully saturated rings. The number of ether oxygens (including phenoxy) is 1. The Morgan fingerprint density at radius 1 is 1.29 bits per heavy atom. The lowest BCUT2D eigenvalue weighted by atomic mass is 10.5. The van der Waals surface area contributed by atoms with Crippen molar-refractivity contribution in [1.29, 1.82) is 0 Å². The average Bonchev–Trinajstić information content (AvgIpc) is 2.08. The summed E-state index contributed by atoms with van der Waals surface area (Å²) in [5.74, 6) is 0.687. The van der Waals surface area contributed by atoms with Crippen LogP contribution in [0.4, 0.5) is 0 Å². The van der Waals surface area contributed by atoms with Crippen molar-refractivity contribution in [2.75, 3.05) is 51.2 Å². The number of nitrogens with zero attached hydrogens (tertiary/aromatic N) is 1. The molecule has 0 spiro atoms. The first kappa shape index (κ1) is 14.2. The molecule has 0 amide bonds. The van der Waals surface area contributed by atoms with E-state index in [9.17, 15) is 8.42 Å². The van der Waals surface area contributed by atoms with Crippen LogP contribution in [0.25, 0.3) is 0 Å². The molecule has 0 saturated carbocycles. The third kappa shape index (κ3) is 10.2. The number of likely N-dealkylation sites (N-methyl/N-ethyl adjacent to an activating group) is 1. The first-order valence-corrected chi connectivity index (χ1v) is 7.05. The molecule has 0 aromatic rings. The van der Waals surface area contributed by atoms with Crippen LogP contribution in [-0.4, -0.2) is 64.6 Å². The van der Waals surface area contributed by atoms with Gasteiger partial charge in [-0.05, 0) is 7.05 Å². The smallest absolute Gasteiger partial charge is 0.148 e. The zero-order valence-corrected chi connectivity index (χ0v) is 10.3. The van der Waals surface area contributed by atoms with E-state index >= 15 is 0 Å². The first-order valence-electron chi connectivity index (χ1n) is 4.45. The Hall–Kier alpha value is 0.160. The predicted octanol–water partition coefficient (Wildman–Crippen LogP) is 0.218. The number of halogens is 1. The van der Waals surface area contributed by atoms with E-state index in [1.165, 1.54) is 6.26 Å². The van der Waals surface area contributed by atoms with E-state index in [0.717, 1.165) is 6.54 Å². The topological polar surface area (TPSA) is 46.6 Å². The lowest BCUT2D eigenvalue weighted by Gasteiger charge is -2.15. The van der Waals surface area contributed by atoms with E-state index in [1.807, 2.05) is 11.9 Å². The summed E-state index contributed by atoms with van der Waals surface area (Å²) in [6.45, 7) is 2.41. The molecule has 0 heterocycles. The number of hydrogen-bond acceptors (Lipinski definition) is 4. The Morgan fingerprint density at radius 3 is 2.43 bits per heavy atom. The number of sulfone groups is 1. The molecule has 0 N–H and O–H groups in total. The molecule has 0 atom stereocenters. The quantitative estimate of drug-likeness (QED) is 0.452. The summed E-state index contributed by atoms with van der Waals surface area (Å²) in [6, 6.07) is 0. The molecule has 0 aliphatic carbocycles. The monoisotopic (exact) mass is 243 g/mol. The van der Waals surface area contributed by atoms with Crippen LogP contribution in [0.15, 0.2) is 0 Å². The van der Waals surface area contributed by atoms with E-state index in [2.05, 4.69) is 0 Å². The highest BCUT2D eigenvalue weighted by Gasteiger charge is 2.04. The highest BCUT2D eigenvalue weighted by Crippen LogP contribution is 1.88. The molecule has 0 rings (SSSR count). The van der Waals surface area contributed by atoms with Crippen molar-refractivity contribution in [2.24, 2.45) is 0 Å². The molecule has 0 aromatic carbocycles. The Bertz CT molecular complexity index is 231. The van der Waals surface area contributed by atoms with Crippen LogP contribution in [0.1, 0.15) is 0 Å². The summed E-state index contributed by atoms with van der Waals surface area (Å²) in [5.41, 5.74) is 0. The molecular weight excluding hydrogens is 226 g/mol. The van der Waals surface area contributed by atoms with Gasteiger partial charge in [-0.25, -0.2) is 8.42 Å². The van der Waals surface area contributed by atoms with Crippen molar-refractivity contribution in [3.05, 3.63) is 0 Å². The fourth-order valence-corrected chi connectivity index (χ4v) is 1.56. The number of rotatable bonds is 8. The molecule has 6 heteroatoms. The highest BCUT2D eigenvalue weighted by atomic mass is 35.5. The Labute approximate surface area is 91.1 Å². The third-order valence-electron chi connectivity index (χ3n) is 1.68. The van der Waals surface area contributed by atoms with Crippen LogP contribution in [0.5, 0.6) is 0 Å². The van der Waals surface area contributed by atoms with Gasteiger partial charge in [-0.3, -0.25) is 0 Å². The predicted molar refractivity (Wildman–Crippen MR) is 58.7 cm³/mol. The van der Waals surface area contributed by atoms with Crippen LogP contribution < -0.4 is 0 Å². The summed E-state index contributed by atoms with van der Waals surface area (Å²) >= 11 is 5.42. The summed E-state index contributed by atoms with van der Waals surface area (Å²) < 4.78 is 26.8. The summed E-state index contributed by atoms with van der Waals surface area (Å²) in [7, 11) is -0.988. The molecule has 0 radical (unpaired) electrons. The minimum atomic E-state index is -2.86. The maximum Gasteiger partial charge on any atom is 0.148 e. The van der Waals surface area contributed by atoms with Crippen LogP contribution >= 0.6 is 11.6 Å². The van der Waals surface area contributed by atoms with Crippen molar-refractivity contribution < 1.29 is 13.2 Å². The lowest BCUT2D eigenvalue weighted by Crippen LogP contribution is -2.28. The second-order valence-electron chi connectivity index (χ2n) is 3.23. The molecule has 0 bridgehead atoms. The summed E-state index contributed by atoms with van der Waals surface area (Å²) in [6.07, 6.45) is 1.24. The van der Waals surface area contributed by atoms with E-state index in [-0.39, 0.29) is 5.75 Å². The van der Waals surface area contributed by atoms with Gasteiger partial charge < -0.3 is 9.64 Å².